The molecule has 0 saturated carbocycles. The molecule has 34 heavy (non-hydrogen) atoms. The summed E-state index contributed by atoms with van der Waals surface area (Å²) in [6.07, 6.45) is 4.31. The predicted octanol–water partition coefficient (Wildman–Crippen LogP) is 5.48. The summed E-state index contributed by atoms with van der Waals surface area (Å²) in [5.74, 6) is 2.00. The molecule has 4 aromatic heterocycles. The first-order chi connectivity index (χ1) is 16.6. The third-order valence-electron chi connectivity index (χ3n) is 6.23. The van der Waals surface area contributed by atoms with E-state index in [0.717, 1.165) is 34.1 Å². The SMILES string of the molecule is COc1cc(OCc2csc(N3CCC[C@H]3C)n2)c2cc(-c3cn4nc(C)ccc4n3)oc2c1. The first kappa shape index (κ1) is 21.0. The van der Waals surface area contributed by atoms with Crippen molar-refractivity contribution in [2.45, 2.75) is 39.3 Å². The number of furan rings is 1. The van der Waals surface area contributed by atoms with Crippen molar-refractivity contribution in [3.05, 3.63) is 53.3 Å². The number of ether oxygens (including phenoxy) is 2. The Morgan fingerprint density at radius 1 is 1.21 bits per heavy atom. The summed E-state index contributed by atoms with van der Waals surface area (Å²) >= 11 is 1.68. The number of hydrogen-bond donors (Lipinski definition) is 0. The highest BCUT2D eigenvalue weighted by atomic mass is 32.1. The van der Waals surface area contributed by atoms with E-state index in [1.807, 2.05) is 43.5 Å². The average Bonchev–Trinajstić information content (AvgIpc) is 3.61. The van der Waals surface area contributed by atoms with Gasteiger partial charge in [0.05, 0.1) is 30.1 Å². The molecule has 0 aliphatic carbocycles. The first-order valence-corrected chi connectivity index (χ1v) is 12.2. The third-order valence-corrected chi connectivity index (χ3v) is 7.15. The largest absolute Gasteiger partial charge is 0.496 e. The van der Waals surface area contributed by atoms with Crippen LogP contribution in [0.25, 0.3) is 28.1 Å². The molecule has 5 aromatic rings. The molecule has 1 aromatic carbocycles. The second-order valence-electron chi connectivity index (χ2n) is 8.65. The van der Waals surface area contributed by atoms with Crippen molar-refractivity contribution in [2.75, 3.05) is 18.6 Å². The van der Waals surface area contributed by atoms with Gasteiger partial charge < -0.3 is 18.8 Å². The lowest BCUT2D eigenvalue weighted by molar-refractivity contribution is 0.303. The minimum absolute atomic E-state index is 0.374. The summed E-state index contributed by atoms with van der Waals surface area (Å²) in [4.78, 5) is 11.8. The topological polar surface area (TPSA) is 77.9 Å². The molecule has 0 N–H and O–H groups in total. The Morgan fingerprint density at radius 3 is 2.94 bits per heavy atom. The Bertz CT molecular complexity index is 1490. The van der Waals surface area contributed by atoms with Crippen LogP contribution < -0.4 is 14.4 Å². The van der Waals surface area contributed by atoms with Crippen molar-refractivity contribution in [2.24, 2.45) is 0 Å². The maximum atomic E-state index is 6.22. The maximum absolute atomic E-state index is 6.22. The molecule has 5 heterocycles. The highest BCUT2D eigenvalue weighted by Gasteiger charge is 2.23. The molecule has 0 bridgehead atoms. The number of aromatic nitrogens is 4. The zero-order valence-electron chi connectivity index (χ0n) is 19.3. The number of aryl methyl sites for hydroxylation is 1. The van der Waals surface area contributed by atoms with Crippen molar-refractivity contribution in [3.8, 4) is 23.0 Å². The molecule has 0 spiro atoms. The van der Waals surface area contributed by atoms with Crippen LogP contribution in [0.4, 0.5) is 5.13 Å². The summed E-state index contributed by atoms with van der Waals surface area (Å²) < 4.78 is 19.6. The van der Waals surface area contributed by atoms with Crippen molar-refractivity contribution in [1.82, 2.24) is 19.6 Å². The lowest BCUT2D eigenvalue weighted by Crippen LogP contribution is -2.26. The summed E-state index contributed by atoms with van der Waals surface area (Å²) in [7, 11) is 1.63. The molecule has 6 rings (SSSR count). The second kappa shape index (κ2) is 8.32. The van der Waals surface area contributed by atoms with Gasteiger partial charge in [-0.3, -0.25) is 0 Å². The van der Waals surface area contributed by atoms with Gasteiger partial charge in [0.25, 0.3) is 0 Å². The quantitative estimate of drug-likeness (QED) is 0.322. The highest BCUT2D eigenvalue weighted by Crippen LogP contribution is 2.37. The molecule has 0 radical (unpaired) electrons. The van der Waals surface area contributed by atoms with E-state index in [9.17, 15) is 0 Å². The molecule has 0 amide bonds. The van der Waals surface area contributed by atoms with Crippen molar-refractivity contribution in [3.63, 3.8) is 0 Å². The van der Waals surface area contributed by atoms with E-state index >= 15 is 0 Å². The van der Waals surface area contributed by atoms with Crippen LogP contribution in [0.2, 0.25) is 0 Å². The molecule has 1 saturated heterocycles. The van der Waals surface area contributed by atoms with Gasteiger partial charge in [-0.25, -0.2) is 14.5 Å². The maximum Gasteiger partial charge on any atom is 0.185 e. The highest BCUT2D eigenvalue weighted by molar-refractivity contribution is 7.13. The molecular weight excluding hydrogens is 450 g/mol. The van der Waals surface area contributed by atoms with E-state index in [2.05, 4.69) is 27.3 Å². The van der Waals surface area contributed by atoms with Crippen molar-refractivity contribution >= 4 is 33.1 Å². The summed E-state index contributed by atoms with van der Waals surface area (Å²) in [5, 5.41) is 8.48. The number of nitrogens with zero attached hydrogens (tertiary/aromatic N) is 5. The minimum Gasteiger partial charge on any atom is -0.496 e. The fourth-order valence-corrected chi connectivity index (χ4v) is 5.34. The third kappa shape index (κ3) is 3.75. The second-order valence-corrected chi connectivity index (χ2v) is 9.48. The number of fused-ring (bicyclic) bond motifs is 2. The van der Waals surface area contributed by atoms with Gasteiger partial charge in [-0.05, 0) is 44.9 Å². The van der Waals surface area contributed by atoms with Crippen LogP contribution in [-0.2, 0) is 6.61 Å². The number of hydrogen-bond acceptors (Lipinski definition) is 8. The number of methoxy groups -OCH3 is 1. The van der Waals surface area contributed by atoms with Crippen molar-refractivity contribution < 1.29 is 13.9 Å². The summed E-state index contributed by atoms with van der Waals surface area (Å²) in [6, 6.07) is 10.1. The zero-order chi connectivity index (χ0) is 23.2. The van der Waals surface area contributed by atoms with E-state index in [1.165, 1.54) is 12.8 Å². The molecule has 0 unspecified atom stereocenters. The van der Waals surface area contributed by atoms with Crippen LogP contribution in [0, 0.1) is 6.92 Å². The van der Waals surface area contributed by atoms with Crippen molar-refractivity contribution in [1.29, 1.82) is 0 Å². The Labute approximate surface area is 200 Å². The van der Waals surface area contributed by atoms with Crippen LogP contribution in [0.1, 0.15) is 31.2 Å². The van der Waals surface area contributed by atoms with Gasteiger partial charge in [0, 0.05) is 30.1 Å². The number of thiazole rings is 1. The molecular formula is C25H25N5O3S. The van der Waals surface area contributed by atoms with Crippen LogP contribution in [0.5, 0.6) is 11.5 Å². The lowest BCUT2D eigenvalue weighted by atomic mass is 10.2. The number of rotatable bonds is 6. The standard InChI is InChI=1S/C25H25N5O3S/c1-15-6-7-24-27-20(12-30(24)28-15)23-11-19-21(9-18(31-3)10-22(19)33-23)32-13-17-14-34-25(26-17)29-8-4-5-16(29)2/h6-7,9-12,14,16H,4-5,8,13H2,1-3H3/t16-/m1/s1. The van der Waals surface area contributed by atoms with Crippen LogP contribution >= 0.6 is 11.3 Å². The van der Waals surface area contributed by atoms with E-state index in [1.54, 1.807) is 23.0 Å². The summed E-state index contributed by atoms with van der Waals surface area (Å²) in [6.45, 7) is 5.65. The van der Waals surface area contributed by atoms with Gasteiger partial charge >= 0.3 is 0 Å². The predicted molar refractivity (Wildman–Crippen MR) is 132 cm³/mol. The van der Waals surface area contributed by atoms with Gasteiger partial charge in [0.2, 0.25) is 0 Å². The van der Waals surface area contributed by atoms with Gasteiger partial charge in [-0.2, -0.15) is 5.10 Å². The van der Waals surface area contributed by atoms with Gasteiger partial charge in [-0.1, -0.05) is 0 Å². The van der Waals surface area contributed by atoms with Crippen LogP contribution in [0.3, 0.4) is 0 Å². The molecule has 1 aliphatic rings. The molecule has 9 heteroatoms. The zero-order valence-corrected chi connectivity index (χ0v) is 20.1. The van der Waals surface area contributed by atoms with E-state index < -0.39 is 0 Å². The normalized spacial score (nSPS) is 16.1. The molecule has 8 nitrogen and oxygen atoms in total. The van der Waals surface area contributed by atoms with E-state index in [-0.39, 0.29) is 0 Å². The van der Waals surface area contributed by atoms with Crippen LogP contribution in [0.15, 0.2) is 46.3 Å². The van der Waals surface area contributed by atoms with Gasteiger partial charge in [-0.15, -0.1) is 11.3 Å². The Hall–Kier alpha value is -3.59. The number of imidazole rings is 1. The number of benzene rings is 1. The fraction of sp³-hybridized carbons (Fsp3) is 0.320. The lowest BCUT2D eigenvalue weighted by Gasteiger charge is -2.19. The minimum atomic E-state index is 0.374. The first-order valence-electron chi connectivity index (χ1n) is 11.4. The summed E-state index contributed by atoms with van der Waals surface area (Å²) in [5.41, 5.74) is 3.99. The van der Waals surface area contributed by atoms with E-state index in [4.69, 9.17) is 18.9 Å². The Balaban J connectivity index is 1.30. The van der Waals surface area contributed by atoms with Gasteiger partial charge in [0.15, 0.2) is 16.5 Å². The Kier molecular flexibility index (Phi) is 5.13. The smallest absolute Gasteiger partial charge is 0.185 e. The molecule has 1 atom stereocenters. The molecule has 174 valence electrons. The fourth-order valence-electron chi connectivity index (χ4n) is 4.41. The van der Waals surface area contributed by atoms with E-state index in [0.29, 0.717) is 41.2 Å². The average molecular weight is 476 g/mol. The molecule has 1 fully saturated rings. The number of anilines is 1. The monoisotopic (exact) mass is 475 g/mol. The van der Waals surface area contributed by atoms with Crippen LogP contribution in [-0.4, -0.2) is 39.3 Å². The van der Waals surface area contributed by atoms with Gasteiger partial charge in [0.1, 0.15) is 29.4 Å². The Morgan fingerprint density at radius 2 is 2.12 bits per heavy atom. The molecule has 1 aliphatic heterocycles.